The van der Waals surface area contributed by atoms with Crippen LogP contribution in [0.3, 0.4) is 0 Å². The van der Waals surface area contributed by atoms with Crippen molar-refractivity contribution in [1.29, 1.82) is 0 Å². The van der Waals surface area contributed by atoms with E-state index in [0.717, 1.165) is 0 Å². The molecule has 7 nitrogen and oxygen atoms in total. The number of rotatable bonds is 3. The number of aromatic nitrogens is 2. The Labute approximate surface area is 109 Å². The second-order valence-electron chi connectivity index (χ2n) is 3.86. The van der Waals surface area contributed by atoms with Gasteiger partial charge in [-0.3, -0.25) is 9.59 Å². The summed E-state index contributed by atoms with van der Waals surface area (Å²) in [5.41, 5.74) is 12.5. The molecule has 0 aliphatic heterocycles. The van der Waals surface area contributed by atoms with Gasteiger partial charge in [-0.05, 0) is 24.3 Å². The number of amides is 2. The summed E-state index contributed by atoms with van der Waals surface area (Å²) in [6.07, 6.45) is 1.57. The Morgan fingerprint density at radius 2 is 2.05 bits per heavy atom. The standard InChI is InChI=1S/C12H13N5O2/c1-15-12(19)7-2-3-10(8(13)6-7)17-5-4-9(16-17)11(14)18/h2-6H,13H2,1H3,(H2,14,18)(H,15,19). The number of anilines is 1. The topological polar surface area (TPSA) is 116 Å². The van der Waals surface area contributed by atoms with Crippen LogP contribution >= 0.6 is 0 Å². The van der Waals surface area contributed by atoms with E-state index in [1.54, 1.807) is 31.4 Å². The van der Waals surface area contributed by atoms with Crippen molar-refractivity contribution in [3.05, 3.63) is 41.7 Å². The third-order valence-corrected chi connectivity index (χ3v) is 2.61. The maximum Gasteiger partial charge on any atom is 0.269 e. The van der Waals surface area contributed by atoms with Crippen LogP contribution in [0.5, 0.6) is 0 Å². The van der Waals surface area contributed by atoms with Gasteiger partial charge in [0, 0.05) is 18.8 Å². The van der Waals surface area contributed by atoms with Gasteiger partial charge < -0.3 is 16.8 Å². The Bertz CT molecular complexity index is 647. The molecule has 2 aromatic rings. The third kappa shape index (κ3) is 2.39. The molecule has 0 saturated heterocycles. The van der Waals surface area contributed by atoms with E-state index < -0.39 is 5.91 Å². The molecule has 0 radical (unpaired) electrons. The summed E-state index contributed by atoms with van der Waals surface area (Å²) < 4.78 is 1.43. The monoisotopic (exact) mass is 259 g/mol. The zero-order chi connectivity index (χ0) is 14.0. The highest BCUT2D eigenvalue weighted by atomic mass is 16.2. The molecule has 7 heteroatoms. The summed E-state index contributed by atoms with van der Waals surface area (Å²) in [5.74, 6) is -0.837. The minimum atomic E-state index is -0.612. The van der Waals surface area contributed by atoms with E-state index in [1.807, 2.05) is 0 Å². The molecule has 0 unspecified atom stereocenters. The SMILES string of the molecule is CNC(=O)c1ccc(-n2ccc(C(N)=O)n2)c(N)c1. The van der Waals surface area contributed by atoms with Gasteiger partial charge in [0.05, 0.1) is 11.4 Å². The second-order valence-corrected chi connectivity index (χ2v) is 3.86. The normalized spacial score (nSPS) is 10.2. The zero-order valence-electron chi connectivity index (χ0n) is 10.3. The molecule has 5 N–H and O–H groups in total. The zero-order valence-corrected chi connectivity index (χ0v) is 10.3. The van der Waals surface area contributed by atoms with Gasteiger partial charge in [-0.2, -0.15) is 5.10 Å². The van der Waals surface area contributed by atoms with E-state index in [2.05, 4.69) is 10.4 Å². The maximum absolute atomic E-state index is 11.5. The molecular formula is C12H13N5O2. The Hall–Kier alpha value is -2.83. The smallest absolute Gasteiger partial charge is 0.269 e. The van der Waals surface area contributed by atoms with Gasteiger partial charge in [-0.1, -0.05) is 0 Å². The molecule has 19 heavy (non-hydrogen) atoms. The molecule has 1 heterocycles. The van der Waals surface area contributed by atoms with Crippen LogP contribution in [0.4, 0.5) is 5.69 Å². The summed E-state index contributed by atoms with van der Waals surface area (Å²) >= 11 is 0. The predicted molar refractivity (Wildman–Crippen MR) is 69.9 cm³/mol. The molecule has 1 aromatic carbocycles. The largest absolute Gasteiger partial charge is 0.397 e. The lowest BCUT2D eigenvalue weighted by Gasteiger charge is -2.07. The number of nitrogens with one attached hydrogen (secondary N) is 1. The van der Waals surface area contributed by atoms with Gasteiger partial charge in [0.15, 0.2) is 0 Å². The van der Waals surface area contributed by atoms with Crippen LogP contribution in [0.15, 0.2) is 30.5 Å². The van der Waals surface area contributed by atoms with E-state index in [1.165, 1.54) is 10.7 Å². The van der Waals surface area contributed by atoms with E-state index in [-0.39, 0.29) is 11.6 Å². The van der Waals surface area contributed by atoms with Crippen LogP contribution in [0.2, 0.25) is 0 Å². The number of carbonyl (C=O) groups excluding carboxylic acids is 2. The van der Waals surface area contributed by atoms with Crippen molar-refractivity contribution in [2.75, 3.05) is 12.8 Å². The van der Waals surface area contributed by atoms with Crippen LogP contribution in [-0.2, 0) is 0 Å². The third-order valence-electron chi connectivity index (χ3n) is 2.61. The average Bonchev–Trinajstić information content (AvgIpc) is 2.87. The van der Waals surface area contributed by atoms with E-state index in [0.29, 0.717) is 16.9 Å². The summed E-state index contributed by atoms with van der Waals surface area (Å²) in [5, 5.41) is 6.51. The van der Waals surface area contributed by atoms with Crippen molar-refractivity contribution in [1.82, 2.24) is 15.1 Å². The summed E-state index contributed by atoms with van der Waals surface area (Å²) in [6, 6.07) is 6.31. The molecule has 1 aromatic heterocycles. The summed E-state index contributed by atoms with van der Waals surface area (Å²) in [4.78, 5) is 22.4. The first-order valence-corrected chi connectivity index (χ1v) is 5.50. The van der Waals surface area contributed by atoms with Gasteiger partial charge in [-0.15, -0.1) is 0 Å². The van der Waals surface area contributed by atoms with Crippen LogP contribution in [0, 0.1) is 0 Å². The molecule has 2 amide bonds. The summed E-state index contributed by atoms with van der Waals surface area (Å²) in [7, 11) is 1.54. The van der Waals surface area contributed by atoms with Gasteiger partial charge in [0.1, 0.15) is 5.69 Å². The van der Waals surface area contributed by atoms with E-state index >= 15 is 0 Å². The number of benzene rings is 1. The lowest BCUT2D eigenvalue weighted by molar-refractivity contribution is 0.0961. The van der Waals surface area contributed by atoms with Gasteiger partial charge in [-0.25, -0.2) is 4.68 Å². The number of nitrogens with two attached hydrogens (primary N) is 2. The number of primary amides is 1. The first-order valence-electron chi connectivity index (χ1n) is 5.50. The van der Waals surface area contributed by atoms with Gasteiger partial charge in [0.25, 0.3) is 11.8 Å². The Morgan fingerprint density at radius 3 is 2.58 bits per heavy atom. The fourth-order valence-corrected chi connectivity index (χ4v) is 1.64. The molecule has 0 bridgehead atoms. The fourth-order valence-electron chi connectivity index (χ4n) is 1.64. The van der Waals surface area contributed by atoms with Crippen LogP contribution in [0.1, 0.15) is 20.8 Å². The van der Waals surface area contributed by atoms with Crippen LogP contribution in [-0.4, -0.2) is 28.6 Å². The molecule has 0 fully saturated rings. The highest BCUT2D eigenvalue weighted by molar-refractivity contribution is 5.95. The molecule has 0 spiro atoms. The van der Waals surface area contributed by atoms with Crippen molar-refractivity contribution in [2.24, 2.45) is 5.73 Å². The van der Waals surface area contributed by atoms with Crippen molar-refractivity contribution in [3.8, 4) is 5.69 Å². The molecule has 0 saturated carbocycles. The van der Waals surface area contributed by atoms with Crippen LogP contribution in [0.25, 0.3) is 5.69 Å². The second kappa shape index (κ2) is 4.81. The van der Waals surface area contributed by atoms with Gasteiger partial charge in [0.2, 0.25) is 0 Å². The predicted octanol–water partition coefficient (Wildman–Crippen LogP) is -0.0870. The fraction of sp³-hybridized carbons (Fsp3) is 0.0833. The highest BCUT2D eigenvalue weighted by Gasteiger charge is 2.10. The van der Waals surface area contributed by atoms with Crippen molar-refractivity contribution >= 4 is 17.5 Å². The van der Waals surface area contributed by atoms with Crippen molar-refractivity contribution in [3.63, 3.8) is 0 Å². The van der Waals surface area contributed by atoms with Crippen LogP contribution < -0.4 is 16.8 Å². The first-order chi connectivity index (χ1) is 9.02. The number of nitrogen functional groups attached to an aromatic ring is 1. The number of carbonyl (C=O) groups is 2. The quantitative estimate of drug-likeness (QED) is 0.668. The lowest BCUT2D eigenvalue weighted by Crippen LogP contribution is -2.18. The molecule has 0 atom stereocenters. The lowest BCUT2D eigenvalue weighted by atomic mass is 10.1. The summed E-state index contributed by atoms with van der Waals surface area (Å²) in [6.45, 7) is 0. The minimum absolute atomic E-state index is 0.148. The molecule has 0 aliphatic rings. The van der Waals surface area contributed by atoms with Crippen molar-refractivity contribution in [2.45, 2.75) is 0 Å². The first kappa shape index (κ1) is 12.6. The number of nitrogens with zero attached hydrogens (tertiary/aromatic N) is 2. The maximum atomic E-state index is 11.5. The molecule has 98 valence electrons. The Balaban J connectivity index is 2.40. The van der Waals surface area contributed by atoms with E-state index in [9.17, 15) is 9.59 Å². The van der Waals surface area contributed by atoms with Crippen molar-refractivity contribution < 1.29 is 9.59 Å². The number of hydrogen-bond acceptors (Lipinski definition) is 4. The average molecular weight is 259 g/mol. The number of hydrogen-bond donors (Lipinski definition) is 3. The molecule has 2 rings (SSSR count). The van der Waals surface area contributed by atoms with E-state index in [4.69, 9.17) is 11.5 Å². The highest BCUT2D eigenvalue weighted by Crippen LogP contribution is 2.18. The minimum Gasteiger partial charge on any atom is -0.397 e. The van der Waals surface area contributed by atoms with Gasteiger partial charge >= 0.3 is 0 Å². The Kier molecular flexibility index (Phi) is 3.19. The molecule has 0 aliphatic carbocycles. The Morgan fingerprint density at radius 1 is 1.32 bits per heavy atom. The molecular weight excluding hydrogens is 246 g/mol.